The Bertz CT molecular complexity index is 1200. The Kier molecular flexibility index (Phi) is 8.05. The number of carbonyl (C=O) groups excluding carboxylic acids is 2. The van der Waals surface area contributed by atoms with Crippen LogP contribution in [0, 0.1) is 6.92 Å². The third kappa shape index (κ3) is 6.19. The summed E-state index contributed by atoms with van der Waals surface area (Å²) in [5.41, 5.74) is 2.97. The van der Waals surface area contributed by atoms with E-state index in [0.29, 0.717) is 34.4 Å². The van der Waals surface area contributed by atoms with Gasteiger partial charge in [-0.1, -0.05) is 63.0 Å². The van der Waals surface area contributed by atoms with Gasteiger partial charge >= 0.3 is 0 Å². The van der Waals surface area contributed by atoms with Gasteiger partial charge in [-0.3, -0.25) is 9.59 Å². The fourth-order valence-electron chi connectivity index (χ4n) is 3.48. The number of halogens is 2. The number of nitrogens with zero attached hydrogens (tertiary/aromatic N) is 3. The van der Waals surface area contributed by atoms with Gasteiger partial charge in [-0.15, -0.1) is 0 Å². The van der Waals surface area contributed by atoms with Gasteiger partial charge in [0.15, 0.2) is 0 Å². The van der Waals surface area contributed by atoms with Crippen molar-refractivity contribution < 1.29 is 9.59 Å². The predicted octanol–water partition coefficient (Wildman–Crippen LogP) is 6.28. The van der Waals surface area contributed by atoms with Gasteiger partial charge in [0.1, 0.15) is 12.4 Å². The van der Waals surface area contributed by atoms with Gasteiger partial charge in [0, 0.05) is 23.6 Å². The summed E-state index contributed by atoms with van der Waals surface area (Å²) in [5.74, 6) is -0.0341. The average molecular weight is 501 g/mol. The number of carbonyl (C=O) groups is 2. The highest BCUT2D eigenvalue weighted by Crippen LogP contribution is 2.27. The second kappa shape index (κ2) is 10.6. The van der Waals surface area contributed by atoms with E-state index in [2.05, 4.69) is 26.1 Å². The summed E-state index contributed by atoms with van der Waals surface area (Å²) < 4.78 is 1.73. The average Bonchev–Trinajstić information content (AvgIpc) is 3.19. The van der Waals surface area contributed by atoms with Crippen LogP contribution >= 0.6 is 23.2 Å². The van der Waals surface area contributed by atoms with E-state index in [0.717, 1.165) is 16.9 Å². The summed E-state index contributed by atoms with van der Waals surface area (Å²) in [5, 5.41) is 8.38. The van der Waals surface area contributed by atoms with Crippen LogP contribution in [-0.2, 0) is 10.2 Å². The van der Waals surface area contributed by atoms with Crippen LogP contribution in [0.1, 0.15) is 55.7 Å². The monoisotopic (exact) mass is 500 g/mol. The molecule has 180 valence electrons. The van der Waals surface area contributed by atoms with E-state index in [9.17, 15) is 9.59 Å². The molecule has 1 N–H and O–H groups in total. The van der Waals surface area contributed by atoms with Gasteiger partial charge in [0.05, 0.1) is 21.4 Å². The SMILES string of the molecule is CCCN(CC(=O)Nc1cc(C(C)(C)C)nn1-c1cccc(C)c1)C(=O)c1ccc(Cl)c(Cl)c1. The van der Waals surface area contributed by atoms with Crippen molar-refractivity contribution in [2.75, 3.05) is 18.4 Å². The van der Waals surface area contributed by atoms with Crippen LogP contribution in [0.5, 0.6) is 0 Å². The van der Waals surface area contributed by atoms with Crippen molar-refractivity contribution in [3.63, 3.8) is 0 Å². The Morgan fingerprint density at radius 3 is 2.41 bits per heavy atom. The zero-order chi connectivity index (χ0) is 25.0. The summed E-state index contributed by atoms with van der Waals surface area (Å²) in [6.07, 6.45) is 0.704. The van der Waals surface area contributed by atoms with E-state index >= 15 is 0 Å². The highest BCUT2D eigenvalue weighted by molar-refractivity contribution is 6.42. The van der Waals surface area contributed by atoms with Crippen LogP contribution in [0.4, 0.5) is 5.82 Å². The molecule has 2 amide bonds. The van der Waals surface area contributed by atoms with Crippen LogP contribution in [0.3, 0.4) is 0 Å². The fourth-order valence-corrected chi connectivity index (χ4v) is 3.78. The van der Waals surface area contributed by atoms with Crippen molar-refractivity contribution in [3.05, 3.63) is 75.4 Å². The number of anilines is 1. The van der Waals surface area contributed by atoms with Crippen molar-refractivity contribution >= 4 is 40.8 Å². The minimum atomic E-state index is -0.309. The molecule has 6 nitrogen and oxygen atoms in total. The first kappa shape index (κ1) is 25.8. The highest BCUT2D eigenvalue weighted by Gasteiger charge is 2.23. The molecule has 3 aromatic rings. The molecule has 0 unspecified atom stereocenters. The second-order valence-electron chi connectivity index (χ2n) is 9.32. The number of benzene rings is 2. The van der Waals surface area contributed by atoms with Gasteiger partial charge in [-0.2, -0.15) is 5.10 Å². The molecule has 1 aromatic heterocycles. The van der Waals surface area contributed by atoms with Gasteiger partial charge in [-0.05, 0) is 49.2 Å². The minimum absolute atomic E-state index is 0.100. The Labute approximate surface area is 210 Å². The van der Waals surface area contributed by atoms with Crippen LogP contribution in [0.25, 0.3) is 5.69 Å². The standard InChI is InChI=1S/C26H30Cl2N4O2/c1-6-12-31(25(34)18-10-11-20(27)21(28)14-18)16-24(33)29-23-15-22(26(3,4)5)30-32(23)19-9-7-8-17(2)13-19/h7-11,13-15H,6,12,16H2,1-5H3,(H,29,33). The Morgan fingerprint density at radius 2 is 1.79 bits per heavy atom. The van der Waals surface area contributed by atoms with Gasteiger partial charge in [-0.25, -0.2) is 4.68 Å². The molecule has 1 heterocycles. The third-order valence-corrected chi connectivity index (χ3v) is 6.01. The first-order chi connectivity index (χ1) is 16.0. The third-order valence-electron chi connectivity index (χ3n) is 5.27. The Hall–Kier alpha value is -2.83. The van der Waals surface area contributed by atoms with E-state index in [-0.39, 0.29) is 23.8 Å². The molecule has 0 aliphatic rings. The van der Waals surface area contributed by atoms with Crippen molar-refractivity contribution in [1.82, 2.24) is 14.7 Å². The van der Waals surface area contributed by atoms with Crippen molar-refractivity contribution in [1.29, 1.82) is 0 Å². The summed E-state index contributed by atoms with van der Waals surface area (Å²) in [6, 6.07) is 14.5. The first-order valence-corrected chi connectivity index (χ1v) is 12.0. The largest absolute Gasteiger partial charge is 0.329 e. The lowest BCUT2D eigenvalue weighted by atomic mass is 9.92. The number of amides is 2. The van der Waals surface area contributed by atoms with Crippen LogP contribution in [0.2, 0.25) is 10.0 Å². The molecule has 0 aliphatic carbocycles. The van der Waals surface area contributed by atoms with Gasteiger partial charge < -0.3 is 10.2 Å². The molecular weight excluding hydrogens is 471 g/mol. The van der Waals surface area contributed by atoms with Crippen LogP contribution < -0.4 is 5.32 Å². The normalized spacial score (nSPS) is 11.4. The molecule has 0 atom stereocenters. The smallest absolute Gasteiger partial charge is 0.254 e. The number of aryl methyl sites for hydroxylation is 1. The second-order valence-corrected chi connectivity index (χ2v) is 10.1. The number of aromatic nitrogens is 2. The lowest BCUT2D eigenvalue weighted by molar-refractivity contribution is -0.116. The molecule has 0 spiro atoms. The zero-order valence-corrected chi connectivity index (χ0v) is 21.7. The molecule has 3 rings (SSSR count). The fraction of sp³-hybridized carbons (Fsp3) is 0.346. The van der Waals surface area contributed by atoms with Crippen LogP contribution in [-0.4, -0.2) is 39.6 Å². The Morgan fingerprint density at radius 1 is 1.06 bits per heavy atom. The molecule has 0 fully saturated rings. The molecule has 0 radical (unpaired) electrons. The zero-order valence-electron chi connectivity index (χ0n) is 20.2. The molecule has 0 bridgehead atoms. The first-order valence-electron chi connectivity index (χ1n) is 11.2. The number of hydrogen-bond donors (Lipinski definition) is 1. The highest BCUT2D eigenvalue weighted by atomic mass is 35.5. The van der Waals surface area contributed by atoms with E-state index in [1.54, 1.807) is 16.8 Å². The molecule has 0 saturated carbocycles. The maximum atomic E-state index is 13.1. The van der Waals surface area contributed by atoms with Gasteiger partial charge in [0.2, 0.25) is 5.91 Å². The maximum Gasteiger partial charge on any atom is 0.254 e. The number of nitrogens with one attached hydrogen (secondary N) is 1. The van der Waals surface area contributed by atoms with Crippen molar-refractivity contribution in [2.45, 2.75) is 46.5 Å². The van der Waals surface area contributed by atoms with E-state index in [1.165, 1.54) is 11.0 Å². The quantitative estimate of drug-likeness (QED) is 0.415. The molecule has 34 heavy (non-hydrogen) atoms. The van der Waals surface area contributed by atoms with Crippen molar-refractivity contribution in [2.24, 2.45) is 0 Å². The van der Waals surface area contributed by atoms with E-state index < -0.39 is 0 Å². The lowest BCUT2D eigenvalue weighted by Gasteiger charge is -2.22. The molecule has 2 aromatic carbocycles. The lowest BCUT2D eigenvalue weighted by Crippen LogP contribution is -2.38. The predicted molar refractivity (Wildman–Crippen MR) is 138 cm³/mol. The maximum absolute atomic E-state index is 13.1. The number of rotatable bonds is 7. The molecule has 8 heteroatoms. The van der Waals surface area contributed by atoms with Gasteiger partial charge in [0.25, 0.3) is 5.91 Å². The summed E-state index contributed by atoms with van der Waals surface area (Å²) in [6.45, 7) is 10.5. The molecule has 0 aliphatic heterocycles. The van der Waals surface area contributed by atoms with E-state index in [1.807, 2.05) is 44.2 Å². The van der Waals surface area contributed by atoms with Crippen molar-refractivity contribution in [3.8, 4) is 5.69 Å². The topological polar surface area (TPSA) is 67.2 Å². The molecule has 0 saturated heterocycles. The summed E-state index contributed by atoms with van der Waals surface area (Å²) in [4.78, 5) is 27.7. The summed E-state index contributed by atoms with van der Waals surface area (Å²) in [7, 11) is 0. The van der Waals surface area contributed by atoms with Crippen LogP contribution in [0.15, 0.2) is 48.5 Å². The number of hydrogen-bond acceptors (Lipinski definition) is 3. The summed E-state index contributed by atoms with van der Waals surface area (Å²) >= 11 is 12.1. The minimum Gasteiger partial charge on any atom is -0.329 e. The van der Waals surface area contributed by atoms with E-state index in [4.69, 9.17) is 28.3 Å². The molecular formula is C26H30Cl2N4O2. The Balaban J connectivity index is 1.86.